The molecule has 0 aliphatic rings. The SMILES string of the molecule is COc1ccc(CN(c2nccs2)S(=O)(=O)c2cc(Cl)c(Nc3[c]cc(C(F)(F)F)cc3)cc2F)c(OC)c1. The van der Waals surface area contributed by atoms with Crippen LogP contribution in [0.15, 0.2) is 65.0 Å². The number of rotatable bonds is 9. The first-order chi connectivity index (χ1) is 18.4. The highest BCUT2D eigenvalue weighted by atomic mass is 35.5. The van der Waals surface area contributed by atoms with Crippen LogP contribution in [0, 0.1) is 11.9 Å². The summed E-state index contributed by atoms with van der Waals surface area (Å²) in [5.41, 5.74) is -0.458. The largest absolute Gasteiger partial charge is 0.497 e. The molecule has 7 nitrogen and oxygen atoms in total. The van der Waals surface area contributed by atoms with Gasteiger partial charge in [-0.2, -0.15) is 13.2 Å². The van der Waals surface area contributed by atoms with Crippen molar-refractivity contribution in [1.29, 1.82) is 0 Å². The van der Waals surface area contributed by atoms with Gasteiger partial charge in [0, 0.05) is 41.0 Å². The van der Waals surface area contributed by atoms with Crippen LogP contribution in [-0.4, -0.2) is 27.6 Å². The molecule has 0 fully saturated rings. The lowest BCUT2D eigenvalue weighted by Crippen LogP contribution is -2.31. The van der Waals surface area contributed by atoms with Gasteiger partial charge in [-0.1, -0.05) is 11.6 Å². The van der Waals surface area contributed by atoms with Gasteiger partial charge in [0.25, 0.3) is 10.0 Å². The molecule has 4 aromatic rings. The summed E-state index contributed by atoms with van der Waals surface area (Å²) in [7, 11) is -1.66. The fraction of sp³-hybridized carbons (Fsp3) is 0.160. The van der Waals surface area contributed by atoms with E-state index in [1.54, 1.807) is 23.6 Å². The van der Waals surface area contributed by atoms with Crippen molar-refractivity contribution >= 4 is 49.5 Å². The van der Waals surface area contributed by atoms with Crippen LogP contribution in [-0.2, 0) is 22.7 Å². The van der Waals surface area contributed by atoms with E-state index in [1.807, 2.05) is 0 Å². The van der Waals surface area contributed by atoms with E-state index in [4.69, 9.17) is 21.1 Å². The third-order valence-corrected chi connectivity index (χ3v) is 8.41. The molecule has 39 heavy (non-hydrogen) atoms. The molecule has 1 N–H and O–H groups in total. The summed E-state index contributed by atoms with van der Waals surface area (Å²) in [4.78, 5) is 3.37. The molecule has 4 rings (SSSR count). The van der Waals surface area contributed by atoms with Crippen molar-refractivity contribution in [2.75, 3.05) is 23.8 Å². The van der Waals surface area contributed by atoms with Crippen molar-refractivity contribution in [3.8, 4) is 11.5 Å². The molecule has 0 saturated heterocycles. The number of hydrogen-bond acceptors (Lipinski definition) is 7. The number of methoxy groups -OCH3 is 2. The van der Waals surface area contributed by atoms with E-state index in [0.29, 0.717) is 17.1 Å². The van der Waals surface area contributed by atoms with E-state index < -0.39 is 32.5 Å². The molecule has 0 unspecified atom stereocenters. The smallest absolute Gasteiger partial charge is 0.416 e. The number of nitrogens with one attached hydrogen (secondary N) is 1. The molecule has 1 heterocycles. The Morgan fingerprint density at radius 3 is 2.49 bits per heavy atom. The van der Waals surface area contributed by atoms with Crippen LogP contribution < -0.4 is 19.1 Å². The molecule has 0 atom stereocenters. The fourth-order valence-corrected chi connectivity index (χ4v) is 6.11. The van der Waals surface area contributed by atoms with Gasteiger partial charge in [0.15, 0.2) is 5.13 Å². The number of thiazole rings is 1. The highest BCUT2D eigenvalue weighted by Gasteiger charge is 2.32. The van der Waals surface area contributed by atoms with Gasteiger partial charge < -0.3 is 14.8 Å². The van der Waals surface area contributed by atoms with Crippen LogP contribution in [0.5, 0.6) is 11.5 Å². The summed E-state index contributed by atoms with van der Waals surface area (Å²) in [5, 5.41) is 4.10. The van der Waals surface area contributed by atoms with E-state index >= 15 is 4.39 Å². The molecule has 3 aromatic carbocycles. The van der Waals surface area contributed by atoms with Crippen LogP contribution in [0.25, 0.3) is 0 Å². The molecule has 0 amide bonds. The van der Waals surface area contributed by atoms with E-state index in [9.17, 15) is 21.6 Å². The predicted molar refractivity (Wildman–Crippen MR) is 140 cm³/mol. The Morgan fingerprint density at radius 1 is 1.13 bits per heavy atom. The number of ether oxygens (including phenoxy) is 2. The van der Waals surface area contributed by atoms with Gasteiger partial charge in [0.1, 0.15) is 22.2 Å². The Hall–Kier alpha value is -3.55. The molecular formula is C25H19ClF4N3O4S2. The first-order valence-corrected chi connectivity index (χ1v) is 13.6. The highest BCUT2D eigenvalue weighted by Crippen LogP contribution is 2.36. The van der Waals surface area contributed by atoms with Crippen LogP contribution in [0.3, 0.4) is 0 Å². The Balaban J connectivity index is 1.69. The summed E-state index contributed by atoms with van der Waals surface area (Å²) >= 11 is 7.31. The van der Waals surface area contributed by atoms with Crippen LogP contribution in [0.4, 0.5) is 34.1 Å². The maximum absolute atomic E-state index is 15.3. The van der Waals surface area contributed by atoms with Gasteiger partial charge in [0.05, 0.1) is 37.0 Å². The van der Waals surface area contributed by atoms with E-state index in [1.165, 1.54) is 20.4 Å². The zero-order valence-corrected chi connectivity index (χ0v) is 22.6. The number of alkyl halides is 3. The Labute approximate surface area is 230 Å². The standard InChI is InChI=1S/C25H19ClF4N3O4S2/c1-36-18-8-3-15(22(11-18)37-2)14-33(24-31-9-10-38-24)39(34,35)23-12-19(26)21(13-20(23)27)32-17-6-4-16(5-7-17)25(28,29)30/h3-6,8-13,32H,14H2,1-2H3. The molecular weight excluding hydrogens is 582 g/mol. The molecule has 205 valence electrons. The van der Waals surface area contributed by atoms with Crippen molar-refractivity contribution < 1.29 is 35.5 Å². The van der Waals surface area contributed by atoms with Gasteiger partial charge in [-0.15, -0.1) is 11.3 Å². The van der Waals surface area contributed by atoms with Crippen LogP contribution >= 0.6 is 22.9 Å². The second-order valence-electron chi connectivity index (χ2n) is 7.88. The topological polar surface area (TPSA) is 80.8 Å². The molecule has 0 spiro atoms. The molecule has 0 saturated carbocycles. The second kappa shape index (κ2) is 11.3. The lowest BCUT2D eigenvalue weighted by atomic mass is 10.2. The van der Waals surface area contributed by atoms with Gasteiger partial charge in [-0.25, -0.2) is 22.1 Å². The minimum absolute atomic E-state index is 0.0657. The number of sulfonamides is 1. The van der Waals surface area contributed by atoms with Gasteiger partial charge in [-0.05, 0) is 36.4 Å². The zero-order valence-electron chi connectivity index (χ0n) is 20.2. The van der Waals surface area contributed by atoms with E-state index in [0.717, 1.165) is 46.0 Å². The normalized spacial score (nSPS) is 11.8. The average molecular weight is 601 g/mol. The minimum Gasteiger partial charge on any atom is -0.497 e. The summed E-state index contributed by atoms with van der Waals surface area (Å²) < 4.78 is 92.7. The quantitative estimate of drug-likeness (QED) is 0.210. The second-order valence-corrected chi connectivity index (χ2v) is 11.0. The molecule has 0 aliphatic carbocycles. The van der Waals surface area contributed by atoms with Crippen molar-refractivity contribution in [2.24, 2.45) is 0 Å². The third-order valence-electron chi connectivity index (χ3n) is 5.44. The number of benzene rings is 3. The van der Waals surface area contributed by atoms with E-state index in [-0.39, 0.29) is 28.1 Å². The highest BCUT2D eigenvalue weighted by molar-refractivity contribution is 7.93. The van der Waals surface area contributed by atoms with E-state index in [2.05, 4.69) is 16.4 Å². The molecule has 0 aliphatic heterocycles. The molecule has 1 aromatic heterocycles. The number of nitrogens with zero attached hydrogens (tertiary/aromatic N) is 2. The van der Waals surface area contributed by atoms with Crippen LogP contribution in [0.1, 0.15) is 11.1 Å². The van der Waals surface area contributed by atoms with Crippen molar-refractivity contribution in [2.45, 2.75) is 17.6 Å². The monoisotopic (exact) mass is 600 g/mol. The zero-order chi connectivity index (χ0) is 28.4. The Kier molecular flexibility index (Phi) is 8.23. The summed E-state index contributed by atoms with van der Waals surface area (Å²) in [6, 6.07) is 11.6. The predicted octanol–water partition coefficient (Wildman–Crippen LogP) is 6.91. The van der Waals surface area contributed by atoms with Crippen molar-refractivity contribution in [1.82, 2.24) is 4.98 Å². The number of aromatic nitrogens is 1. The lowest BCUT2D eigenvalue weighted by molar-refractivity contribution is -0.137. The Morgan fingerprint density at radius 2 is 1.90 bits per heavy atom. The number of anilines is 3. The third kappa shape index (κ3) is 6.21. The summed E-state index contributed by atoms with van der Waals surface area (Å²) in [5.74, 6) is -0.306. The maximum atomic E-state index is 15.3. The first-order valence-electron chi connectivity index (χ1n) is 10.9. The van der Waals surface area contributed by atoms with Gasteiger partial charge in [0.2, 0.25) is 0 Å². The van der Waals surface area contributed by atoms with Crippen LogP contribution in [0.2, 0.25) is 5.02 Å². The van der Waals surface area contributed by atoms with Gasteiger partial charge >= 0.3 is 6.18 Å². The summed E-state index contributed by atoms with van der Waals surface area (Å²) in [6.07, 6.45) is -3.14. The molecule has 0 bridgehead atoms. The molecule has 14 heteroatoms. The lowest BCUT2D eigenvalue weighted by Gasteiger charge is -2.23. The minimum atomic E-state index is -4.55. The number of hydrogen-bond donors (Lipinski definition) is 1. The Bertz CT molecular complexity index is 1570. The summed E-state index contributed by atoms with van der Waals surface area (Å²) in [6.45, 7) is -0.249. The van der Waals surface area contributed by atoms with Crippen molar-refractivity contribution in [3.05, 3.63) is 88.1 Å². The number of halogens is 5. The fourth-order valence-electron chi connectivity index (χ4n) is 3.50. The van der Waals surface area contributed by atoms with Gasteiger partial charge in [-0.3, -0.25) is 0 Å². The van der Waals surface area contributed by atoms with Crippen molar-refractivity contribution in [3.63, 3.8) is 0 Å². The average Bonchev–Trinajstić information content (AvgIpc) is 3.43. The first kappa shape index (κ1) is 28.5. The molecule has 1 radical (unpaired) electrons. The maximum Gasteiger partial charge on any atom is 0.416 e.